The molecule has 23 heavy (non-hydrogen) atoms. The minimum absolute atomic E-state index is 0.249. The lowest BCUT2D eigenvalue weighted by Crippen LogP contribution is -2.16. The Bertz CT molecular complexity index is 873. The number of ether oxygens (including phenoxy) is 1. The van der Waals surface area contributed by atoms with Crippen molar-refractivity contribution in [2.24, 2.45) is 0 Å². The van der Waals surface area contributed by atoms with Gasteiger partial charge >= 0.3 is 0 Å². The second kappa shape index (κ2) is 6.30. The van der Waals surface area contributed by atoms with E-state index in [0.717, 1.165) is 11.3 Å². The molecule has 0 saturated carbocycles. The van der Waals surface area contributed by atoms with E-state index >= 15 is 0 Å². The minimum Gasteiger partial charge on any atom is -0.495 e. The minimum atomic E-state index is -0.249. The summed E-state index contributed by atoms with van der Waals surface area (Å²) in [6.45, 7) is 1.97. The third-order valence-electron chi connectivity index (χ3n) is 3.56. The van der Waals surface area contributed by atoms with Gasteiger partial charge in [-0.25, -0.2) is 4.98 Å². The number of pyridine rings is 1. The SMILES string of the molecule is CCc1nc2ccccn2c1C(=O)Nc1cc(Cl)ccc1OC. The van der Waals surface area contributed by atoms with E-state index in [2.05, 4.69) is 10.3 Å². The number of nitrogens with one attached hydrogen (secondary N) is 1. The lowest BCUT2D eigenvalue weighted by molar-refractivity contribution is 0.102. The number of fused-ring (bicyclic) bond motifs is 1. The molecule has 0 atom stereocenters. The third kappa shape index (κ3) is 2.87. The van der Waals surface area contributed by atoms with Crippen LogP contribution in [0, 0.1) is 0 Å². The number of halogens is 1. The molecule has 0 aliphatic carbocycles. The van der Waals surface area contributed by atoms with Crippen molar-refractivity contribution < 1.29 is 9.53 Å². The van der Waals surface area contributed by atoms with Crippen LogP contribution in [0.1, 0.15) is 23.1 Å². The molecule has 2 heterocycles. The zero-order valence-electron chi connectivity index (χ0n) is 12.8. The van der Waals surface area contributed by atoms with Gasteiger partial charge in [-0.3, -0.25) is 9.20 Å². The number of imidazole rings is 1. The predicted octanol–water partition coefficient (Wildman–Crippen LogP) is 3.81. The number of rotatable bonds is 4. The molecule has 6 heteroatoms. The molecular weight excluding hydrogens is 314 g/mol. The molecule has 0 saturated heterocycles. The van der Waals surface area contributed by atoms with Gasteiger partial charge in [0.1, 0.15) is 17.1 Å². The van der Waals surface area contributed by atoms with Crippen LogP contribution < -0.4 is 10.1 Å². The van der Waals surface area contributed by atoms with Crippen LogP contribution in [0.5, 0.6) is 5.75 Å². The number of amides is 1. The number of benzene rings is 1. The van der Waals surface area contributed by atoms with Crippen LogP contribution in [-0.2, 0) is 6.42 Å². The van der Waals surface area contributed by atoms with Crippen LogP contribution in [0.25, 0.3) is 5.65 Å². The molecule has 0 unspecified atom stereocenters. The van der Waals surface area contributed by atoms with Crippen LogP contribution in [-0.4, -0.2) is 22.4 Å². The Hall–Kier alpha value is -2.53. The monoisotopic (exact) mass is 329 g/mol. The summed E-state index contributed by atoms with van der Waals surface area (Å²) in [5.41, 5.74) is 2.53. The first kappa shape index (κ1) is 15.4. The van der Waals surface area contributed by atoms with Crippen molar-refractivity contribution >= 4 is 28.8 Å². The number of anilines is 1. The number of methoxy groups -OCH3 is 1. The Labute approximate surface area is 138 Å². The molecule has 0 fully saturated rings. The van der Waals surface area contributed by atoms with E-state index in [1.54, 1.807) is 29.7 Å². The summed E-state index contributed by atoms with van der Waals surface area (Å²) < 4.78 is 7.05. The fourth-order valence-corrected chi connectivity index (χ4v) is 2.66. The second-order valence-electron chi connectivity index (χ2n) is 4.99. The quantitative estimate of drug-likeness (QED) is 0.791. The summed E-state index contributed by atoms with van der Waals surface area (Å²) in [6.07, 6.45) is 2.49. The number of aromatic nitrogens is 2. The highest BCUT2D eigenvalue weighted by atomic mass is 35.5. The smallest absolute Gasteiger partial charge is 0.274 e. The molecule has 1 aromatic carbocycles. The average Bonchev–Trinajstić information content (AvgIpc) is 2.93. The molecule has 0 radical (unpaired) electrons. The highest BCUT2D eigenvalue weighted by Gasteiger charge is 2.19. The average molecular weight is 330 g/mol. The first-order valence-electron chi connectivity index (χ1n) is 7.25. The summed E-state index contributed by atoms with van der Waals surface area (Å²) >= 11 is 6.01. The molecular formula is C17H16ClN3O2. The number of hydrogen-bond donors (Lipinski definition) is 1. The van der Waals surface area contributed by atoms with Crippen molar-refractivity contribution in [3.63, 3.8) is 0 Å². The summed E-state index contributed by atoms with van der Waals surface area (Å²) in [5.74, 6) is 0.302. The molecule has 1 amide bonds. The maximum atomic E-state index is 12.8. The molecule has 0 aliphatic rings. The van der Waals surface area contributed by atoms with Gasteiger partial charge in [0, 0.05) is 11.2 Å². The normalized spacial score (nSPS) is 10.7. The molecule has 1 N–H and O–H groups in total. The number of nitrogens with zero attached hydrogens (tertiary/aromatic N) is 2. The number of aryl methyl sites for hydroxylation is 1. The fraction of sp³-hybridized carbons (Fsp3) is 0.176. The van der Waals surface area contributed by atoms with E-state index in [-0.39, 0.29) is 5.91 Å². The lowest BCUT2D eigenvalue weighted by atomic mass is 10.2. The predicted molar refractivity (Wildman–Crippen MR) is 90.5 cm³/mol. The van der Waals surface area contributed by atoms with Gasteiger partial charge in [0.2, 0.25) is 0 Å². The van der Waals surface area contributed by atoms with E-state index in [1.807, 2.05) is 31.3 Å². The van der Waals surface area contributed by atoms with E-state index in [4.69, 9.17) is 16.3 Å². The molecule has 0 aliphatic heterocycles. The van der Waals surface area contributed by atoms with Crippen LogP contribution in [0.15, 0.2) is 42.6 Å². The van der Waals surface area contributed by atoms with Gasteiger partial charge < -0.3 is 10.1 Å². The van der Waals surface area contributed by atoms with E-state index in [9.17, 15) is 4.79 Å². The van der Waals surface area contributed by atoms with Gasteiger partial charge in [-0.2, -0.15) is 0 Å². The number of hydrogen-bond acceptors (Lipinski definition) is 3. The summed E-state index contributed by atoms with van der Waals surface area (Å²) in [4.78, 5) is 17.3. The number of carbonyl (C=O) groups excluding carboxylic acids is 1. The van der Waals surface area contributed by atoms with Crippen LogP contribution in [0.3, 0.4) is 0 Å². The zero-order chi connectivity index (χ0) is 16.4. The molecule has 0 bridgehead atoms. The molecule has 5 nitrogen and oxygen atoms in total. The standard InChI is InChI=1S/C17H16ClN3O2/c1-3-12-16(21-9-5-4-6-15(21)19-12)17(22)20-13-10-11(18)7-8-14(13)23-2/h4-10H,3H2,1-2H3,(H,20,22). The van der Waals surface area contributed by atoms with Gasteiger partial charge in [-0.1, -0.05) is 24.6 Å². The van der Waals surface area contributed by atoms with Crippen molar-refractivity contribution in [2.75, 3.05) is 12.4 Å². The van der Waals surface area contributed by atoms with Gasteiger partial charge in [0.15, 0.2) is 0 Å². The van der Waals surface area contributed by atoms with Gasteiger partial charge in [0.25, 0.3) is 5.91 Å². The lowest BCUT2D eigenvalue weighted by Gasteiger charge is -2.11. The van der Waals surface area contributed by atoms with Crippen LogP contribution >= 0.6 is 11.6 Å². The zero-order valence-corrected chi connectivity index (χ0v) is 13.6. The molecule has 0 spiro atoms. The Balaban J connectivity index is 2.03. The van der Waals surface area contributed by atoms with Crippen LogP contribution in [0.2, 0.25) is 5.02 Å². The molecule has 118 valence electrons. The topological polar surface area (TPSA) is 55.6 Å². The Morgan fingerprint density at radius 1 is 1.35 bits per heavy atom. The van der Waals surface area contributed by atoms with E-state index < -0.39 is 0 Å². The molecule has 2 aromatic heterocycles. The summed E-state index contributed by atoms with van der Waals surface area (Å²) in [5, 5.41) is 3.39. The van der Waals surface area contributed by atoms with Gasteiger partial charge in [-0.15, -0.1) is 0 Å². The van der Waals surface area contributed by atoms with E-state index in [0.29, 0.717) is 28.6 Å². The van der Waals surface area contributed by atoms with Gasteiger partial charge in [-0.05, 0) is 36.8 Å². The maximum absolute atomic E-state index is 12.8. The first-order valence-corrected chi connectivity index (χ1v) is 7.62. The van der Waals surface area contributed by atoms with Gasteiger partial charge in [0.05, 0.1) is 18.5 Å². The van der Waals surface area contributed by atoms with Crippen molar-refractivity contribution in [2.45, 2.75) is 13.3 Å². The second-order valence-corrected chi connectivity index (χ2v) is 5.42. The summed E-state index contributed by atoms with van der Waals surface area (Å²) in [7, 11) is 1.55. The maximum Gasteiger partial charge on any atom is 0.274 e. The van der Waals surface area contributed by atoms with Crippen molar-refractivity contribution in [1.29, 1.82) is 0 Å². The Morgan fingerprint density at radius 3 is 2.91 bits per heavy atom. The fourth-order valence-electron chi connectivity index (χ4n) is 2.49. The largest absolute Gasteiger partial charge is 0.495 e. The first-order chi connectivity index (χ1) is 11.1. The van der Waals surface area contributed by atoms with Crippen molar-refractivity contribution in [3.05, 3.63) is 59.0 Å². The summed E-state index contributed by atoms with van der Waals surface area (Å²) in [6, 6.07) is 10.7. The molecule has 3 aromatic rings. The third-order valence-corrected chi connectivity index (χ3v) is 3.80. The Morgan fingerprint density at radius 2 is 2.17 bits per heavy atom. The number of carbonyl (C=O) groups is 1. The van der Waals surface area contributed by atoms with E-state index in [1.165, 1.54) is 0 Å². The van der Waals surface area contributed by atoms with Crippen LogP contribution in [0.4, 0.5) is 5.69 Å². The highest BCUT2D eigenvalue weighted by Crippen LogP contribution is 2.28. The highest BCUT2D eigenvalue weighted by molar-refractivity contribution is 6.31. The molecule has 3 rings (SSSR count). The Kier molecular flexibility index (Phi) is 4.21. The van der Waals surface area contributed by atoms with Crippen molar-refractivity contribution in [3.8, 4) is 5.75 Å². The van der Waals surface area contributed by atoms with Crippen molar-refractivity contribution in [1.82, 2.24) is 9.38 Å².